The number of halogens is 1. The van der Waals surface area contributed by atoms with Gasteiger partial charge in [-0.05, 0) is 30.3 Å². The number of ether oxygens (including phenoxy) is 1. The summed E-state index contributed by atoms with van der Waals surface area (Å²) in [5, 5.41) is 14.4. The maximum absolute atomic E-state index is 12.8. The number of likely N-dealkylation sites (N-methyl/N-ethyl adjacent to an activating group) is 1. The van der Waals surface area contributed by atoms with Crippen LogP contribution in [0.4, 0.5) is 10.5 Å². The lowest BCUT2D eigenvalue weighted by Crippen LogP contribution is -2.41. The molecule has 0 aliphatic carbocycles. The Kier molecular flexibility index (Phi) is 9.05. The van der Waals surface area contributed by atoms with Crippen molar-refractivity contribution in [3.63, 3.8) is 0 Å². The van der Waals surface area contributed by atoms with Gasteiger partial charge < -0.3 is 15.4 Å². The van der Waals surface area contributed by atoms with E-state index in [0.717, 1.165) is 18.2 Å². The van der Waals surface area contributed by atoms with Gasteiger partial charge in [-0.3, -0.25) is 14.5 Å². The van der Waals surface area contributed by atoms with E-state index >= 15 is 0 Å². The fourth-order valence-electron chi connectivity index (χ4n) is 2.76. The number of sulfonamides is 1. The van der Waals surface area contributed by atoms with Crippen molar-refractivity contribution in [2.24, 2.45) is 0 Å². The third-order valence-corrected chi connectivity index (χ3v) is 6.23. The van der Waals surface area contributed by atoms with Crippen LogP contribution in [0.3, 0.4) is 0 Å². The molecule has 0 bridgehead atoms. The molecule has 0 saturated heterocycles. The molecule has 0 atom stereocenters. The first-order chi connectivity index (χ1) is 16.4. The van der Waals surface area contributed by atoms with E-state index in [2.05, 4.69) is 10.6 Å². The van der Waals surface area contributed by atoms with Gasteiger partial charge >= 0.3 is 6.03 Å². The molecule has 0 saturated carbocycles. The van der Waals surface area contributed by atoms with Crippen molar-refractivity contribution < 1.29 is 27.5 Å². The number of anilines is 1. The molecule has 2 rings (SSSR count). The van der Waals surface area contributed by atoms with Gasteiger partial charge in [-0.25, -0.2) is 17.5 Å². The van der Waals surface area contributed by atoms with Crippen molar-refractivity contribution in [3.8, 4) is 11.8 Å². The molecule has 2 aromatic rings. The second kappa shape index (κ2) is 11.5. The molecule has 0 fully saturated rings. The standard InChI is InChI=1S/C22H24ClN5O6S/c1-25-20(29)13-34-19-7-14(11-24)5-6-15(19)12-26-21(30)16-8-17(23)10-18(9-16)27(2)22(31)28(3)35(4,32)33/h5-10H,12-13H2,1-4H3,(H,25,29)(H,26,30). The number of rotatable bonds is 8. The van der Waals surface area contributed by atoms with E-state index in [1.54, 1.807) is 12.1 Å². The van der Waals surface area contributed by atoms with Crippen molar-refractivity contribution in [1.82, 2.24) is 14.9 Å². The van der Waals surface area contributed by atoms with E-state index in [0.29, 0.717) is 15.4 Å². The van der Waals surface area contributed by atoms with Crippen LogP contribution in [0, 0.1) is 11.3 Å². The average molecular weight is 522 g/mol. The largest absolute Gasteiger partial charge is 0.483 e. The number of urea groups is 1. The van der Waals surface area contributed by atoms with Crippen molar-refractivity contribution in [1.29, 1.82) is 5.26 Å². The zero-order valence-corrected chi connectivity index (χ0v) is 21.0. The number of carbonyl (C=O) groups excluding carboxylic acids is 3. The number of amides is 4. The molecular formula is C22H24ClN5O6S. The molecular weight excluding hydrogens is 498 g/mol. The summed E-state index contributed by atoms with van der Waals surface area (Å²) in [6, 6.07) is 9.93. The molecule has 35 heavy (non-hydrogen) atoms. The summed E-state index contributed by atoms with van der Waals surface area (Å²) >= 11 is 6.13. The monoisotopic (exact) mass is 521 g/mol. The minimum absolute atomic E-state index is 0.00104. The summed E-state index contributed by atoms with van der Waals surface area (Å²) in [5.74, 6) is -0.643. The van der Waals surface area contributed by atoms with E-state index in [4.69, 9.17) is 21.6 Å². The molecule has 2 N–H and O–H groups in total. The fraction of sp³-hybridized carbons (Fsp3) is 0.273. The highest BCUT2D eigenvalue weighted by Gasteiger charge is 2.24. The van der Waals surface area contributed by atoms with Gasteiger partial charge in [0.15, 0.2) is 6.61 Å². The van der Waals surface area contributed by atoms with Gasteiger partial charge in [0.05, 0.1) is 17.9 Å². The minimum Gasteiger partial charge on any atom is -0.483 e. The maximum atomic E-state index is 12.8. The van der Waals surface area contributed by atoms with Crippen LogP contribution in [0.2, 0.25) is 5.02 Å². The van der Waals surface area contributed by atoms with Crippen LogP contribution < -0.4 is 20.3 Å². The number of hydrogen-bond donors (Lipinski definition) is 2. The summed E-state index contributed by atoms with van der Waals surface area (Å²) in [6.45, 7) is -0.271. The first kappa shape index (κ1) is 27.4. The highest BCUT2D eigenvalue weighted by molar-refractivity contribution is 7.88. The Balaban J connectivity index is 2.23. The lowest BCUT2D eigenvalue weighted by atomic mass is 10.1. The van der Waals surface area contributed by atoms with Gasteiger partial charge in [-0.2, -0.15) is 5.26 Å². The smallest absolute Gasteiger partial charge is 0.337 e. The topological polar surface area (TPSA) is 149 Å². The van der Waals surface area contributed by atoms with Crippen LogP contribution in [-0.2, 0) is 21.4 Å². The van der Waals surface area contributed by atoms with Crippen molar-refractivity contribution in [3.05, 3.63) is 58.1 Å². The summed E-state index contributed by atoms with van der Waals surface area (Å²) in [6.07, 6.45) is 0.894. The number of carbonyl (C=O) groups is 3. The van der Waals surface area contributed by atoms with Crippen LogP contribution in [0.15, 0.2) is 36.4 Å². The highest BCUT2D eigenvalue weighted by Crippen LogP contribution is 2.24. The minimum atomic E-state index is -3.78. The molecule has 0 radical (unpaired) electrons. The Bertz CT molecular complexity index is 1290. The number of benzene rings is 2. The normalized spacial score (nSPS) is 10.6. The third kappa shape index (κ3) is 7.33. The molecule has 186 valence electrons. The Morgan fingerprint density at radius 2 is 1.83 bits per heavy atom. The molecule has 11 nitrogen and oxygen atoms in total. The quantitative estimate of drug-likeness (QED) is 0.537. The van der Waals surface area contributed by atoms with Gasteiger partial charge in [0.2, 0.25) is 10.0 Å². The van der Waals surface area contributed by atoms with Gasteiger partial charge in [-0.15, -0.1) is 0 Å². The average Bonchev–Trinajstić information content (AvgIpc) is 2.83. The highest BCUT2D eigenvalue weighted by atomic mass is 35.5. The number of nitriles is 1. The second-order valence-electron chi connectivity index (χ2n) is 7.35. The summed E-state index contributed by atoms with van der Waals surface area (Å²) in [4.78, 5) is 37.9. The lowest BCUT2D eigenvalue weighted by Gasteiger charge is -2.24. The fourth-order valence-corrected chi connectivity index (χ4v) is 3.40. The van der Waals surface area contributed by atoms with Crippen LogP contribution in [0.1, 0.15) is 21.5 Å². The van der Waals surface area contributed by atoms with Crippen LogP contribution in [0.5, 0.6) is 5.75 Å². The zero-order chi connectivity index (χ0) is 26.3. The Labute approximate surface area is 208 Å². The van der Waals surface area contributed by atoms with Crippen molar-refractivity contribution in [2.75, 3.05) is 38.9 Å². The predicted octanol–water partition coefficient (Wildman–Crippen LogP) is 1.71. The Hall–Kier alpha value is -3.82. The lowest BCUT2D eigenvalue weighted by molar-refractivity contribution is -0.122. The molecule has 2 aromatic carbocycles. The zero-order valence-electron chi connectivity index (χ0n) is 19.5. The second-order valence-corrected chi connectivity index (χ2v) is 9.80. The van der Waals surface area contributed by atoms with Gasteiger partial charge in [0, 0.05) is 49.5 Å². The number of nitrogens with zero attached hydrogens (tertiary/aromatic N) is 3. The molecule has 13 heteroatoms. The van der Waals surface area contributed by atoms with Crippen molar-refractivity contribution >= 4 is 45.2 Å². The van der Waals surface area contributed by atoms with Crippen LogP contribution in [0.25, 0.3) is 0 Å². The molecule has 0 spiro atoms. The molecule has 0 aliphatic rings. The molecule has 0 heterocycles. The molecule has 4 amide bonds. The van der Waals surface area contributed by atoms with Gasteiger partial charge in [0.25, 0.3) is 11.8 Å². The first-order valence-electron chi connectivity index (χ1n) is 10.0. The van der Waals surface area contributed by atoms with Gasteiger partial charge in [-0.1, -0.05) is 17.7 Å². The maximum Gasteiger partial charge on any atom is 0.337 e. The summed E-state index contributed by atoms with van der Waals surface area (Å²) in [5.41, 5.74) is 1.16. The number of hydrogen-bond acceptors (Lipinski definition) is 7. The van der Waals surface area contributed by atoms with Gasteiger partial charge in [0.1, 0.15) is 5.75 Å². The predicted molar refractivity (Wildman–Crippen MR) is 130 cm³/mol. The third-order valence-electron chi connectivity index (χ3n) is 4.86. The van der Waals surface area contributed by atoms with Crippen LogP contribution in [-0.4, -0.2) is 64.6 Å². The first-order valence-corrected chi connectivity index (χ1v) is 12.3. The van der Waals surface area contributed by atoms with Crippen LogP contribution >= 0.6 is 11.6 Å². The van der Waals surface area contributed by atoms with E-state index in [1.807, 2.05) is 6.07 Å². The summed E-state index contributed by atoms with van der Waals surface area (Å²) in [7, 11) is 0.151. The van der Waals surface area contributed by atoms with E-state index in [9.17, 15) is 22.8 Å². The van der Waals surface area contributed by atoms with E-state index in [-0.39, 0.29) is 41.1 Å². The molecule has 0 aromatic heterocycles. The Morgan fingerprint density at radius 3 is 2.43 bits per heavy atom. The van der Waals surface area contributed by atoms with E-state index in [1.165, 1.54) is 38.4 Å². The summed E-state index contributed by atoms with van der Waals surface area (Å²) < 4.78 is 29.4. The van der Waals surface area contributed by atoms with E-state index < -0.39 is 22.0 Å². The Morgan fingerprint density at radius 1 is 1.14 bits per heavy atom. The molecule has 0 aliphatic heterocycles. The number of nitrogens with one attached hydrogen (secondary N) is 2. The molecule has 0 unspecified atom stereocenters. The van der Waals surface area contributed by atoms with Crippen molar-refractivity contribution in [2.45, 2.75) is 6.54 Å². The SMILES string of the molecule is CNC(=O)COc1cc(C#N)ccc1CNC(=O)c1cc(Cl)cc(N(C)C(=O)N(C)S(C)(=O)=O)c1.